The summed E-state index contributed by atoms with van der Waals surface area (Å²) < 4.78 is 15.0. The molecule has 0 aromatic heterocycles. The number of rotatable bonds is 6. The van der Waals surface area contributed by atoms with Crippen molar-refractivity contribution in [2.45, 2.75) is 25.8 Å². The molecule has 0 radical (unpaired) electrons. The van der Waals surface area contributed by atoms with Gasteiger partial charge >= 0.3 is 5.97 Å². The third-order valence-corrected chi connectivity index (χ3v) is 2.96. The maximum atomic E-state index is 12.0. The summed E-state index contributed by atoms with van der Waals surface area (Å²) in [6.45, 7) is 3.18. The first-order valence-electron chi connectivity index (χ1n) is 6.44. The number of carbonyl (C=O) groups excluding carboxylic acids is 2. The molecule has 0 unspecified atom stereocenters. The van der Waals surface area contributed by atoms with Crippen LogP contribution in [-0.4, -0.2) is 38.7 Å². The van der Waals surface area contributed by atoms with Crippen LogP contribution in [0.5, 0.6) is 11.5 Å². The van der Waals surface area contributed by atoms with Gasteiger partial charge in [0.15, 0.2) is 11.5 Å². The Morgan fingerprint density at radius 3 is 2.24 bits per heavy atom. The van der Waals surface area contributed by atoms with Gasteiger partial charge in [0.25, 0.3) is 0 Å². The predicted molar refractivity (Wildman–Crippen MR) is 77.5 cm³/mol. The minimum atomic E-state index is -1.07. The van der Waals surface area contributed by atoms with Crippen molar-refractivity contribution < 1.29 is 23.8 Å². The largest absolute Gasteiger partial charge is 0.493 e. The van der Waals surface area contributed by atoms with Crippen LogP contribution in [0.15, 0.2) is 18.2 Å². The summed E-state index contributed by atoms with van der Waals surface area (Å²) >= 11 is 0. The first kappa shape index (κ1) is 16.8. The molecule has 0 atom stereocenters. The molecule has 0 aliphatic carbocycles. The first-order valence-corrected chi connectivity index (χ1v) is 6.44. The molecule has 116 valence electrons. The number of amides is 1. The second-order valence-corrected chi connectivity index (χ2v) is 5.03. The van der Waals surface area contributed by atoms with Gasteiger partial charge in [0, 0.05) is 0 Å². The van der Waals surface area contributed by atoms with Crippen LogP contribution in [0.2, 0.25) is 0 Å². The molecule has 0 saturated heterocycles. The summed E-state index contributed by atoms with van der Waals surface area (Å²) in [7, 11) is 4.36. The molecule has 1 amide bonds. The smallest absolute Gasteiger partial charge is 0.330 e. The summed E-state index contributed by atoms with van der Waals surface area (Å²) in [5.74, 6) is 0.368. The van der Waals surface area contributed by atoms with Gasteiger partial charge < -0.3 is 19.5 Å². The van der Waals surface area contributed by atoms with Crippen LogP contribution in [0.3, 0.4) is 0 Å². The van der Waals surface area contributed by atoms with Crippen molar-refractivity contribution in [2.24, 2.45) is 0 Å². The van der Waals surface area contributed by atoms with E-state index in [-0.39, 0.29) is 12.3 Å². The fourth-order valence-electron chi connectivity index (χ4n) is 1.87. The fourth-order valence-corrected chi connectivity index (χ4v) is 1.87. The standard InChI is InChI=1S/C15H21NO5/c1-15(2,14(18)21-5)16-13(17)9-10-6-7-11(19-3)12(8-10)20-4/h6-8H,9H2,1-5H3,(H,16,17). The van der Waals surface area contributed by atoms with Crippen LogP contribution in [0.4, 0.5) is 0 Å². The van der Waals surface area contributed by atoms with Gasteiger partial charge in [0.05, 0.1) is 27.8 Å². The average Bonchev–Trinajstić information content (AvgIpc) is 2.45. The molecule has 6 nitrogen and oxygen atoms in total. The van der Waals surface area contributed by atoms with Crippen molar-refractivity contribution in [1.82, 2.24) is 5.32 Å². The minimum absolute atomic E-state index is 0.126. The third kappa shape index (κ3) is 4.37. The van der Waals surface area contributed by atoms with Crippen molar-refractivity contribution in [3.8, 4) is 11.5 Å². The number of hydrogen-bond donors (Lipinski definition) is 1. The molecule has 1 aromatic carbocycles. The second-order valence-electron chi connectivity index (χ2n) is 5.03. The van der Waals surface area contributed by atoms with Crippen LogP contribution in [0, 0.1) is 0 Å². The zero-order valence-corrected chi connectivity index (χ0v) is 13.0. The molecule has 21 heavy (non-hydrogen) atoms. The Morgan fingerprint density at radius 1 is 1.10 bits per heavy atom. The van der Waals surface area contributed by atoms with Gasteiger partial charge in [-0.25, -0.2) is 4.79 Å². The Bertz CT molecular complexity index is 525. The molecule has 0 heterocycles. The maximum absolute atomic E-state index is 12.0. The molecule has 0 spiro atoms. The molecule has 0 saturated carbocycles. The topological polar surface area (TPSA) is 73.9 Å². The van der Waals surface area contributed by atoms with Gasteiger partial charge in [-0.3, -0.25) is 4.79 Å². The van der Waals surface area contributed by atoms with E-state index in [0.717, 1.165) is 5.56 Å². The van der Waals surface area contributed by atoms with E-state index in [1.165, 1.54) is 14.2 Å². The molecule has 0 aliphatic heterocycles. The number of benzene rings is 1. The molecule has 1 rings (SSSR count). The molecule has 6 heteroatoms. The van der Waals surface area contributed by atoms with Crippen molar-refractivity contribution in [2.75, 3.05) is 21.3 Å². The zero-order chi connectivity index (χ0) is 16.0. The molecule has 0 aliphatic rings. The van der Waals surface area contributed by atoms with Crippen LogP contribution in [0.25, 0.3) is 0 Å². The molecular formula is C15H21NO5. The molecule has 1 N–H and O–H groups in total. The maximum Gasteiger partial charge on any atom is 0.330 e. The van der Waals surface area contributed by atoms with E-state index in [9.17, 15) is 9.59 Å². The normalized spacial score (nSPS) is 10.7. The fraction of sp³-hybridized carbons (Fsp3) is 0.467. The van der Waals surface area contributed by atoms with Gasteiger partial charge in [-0.1, -0.05) is 6.07 Å². The van der Waals surface area contributed by atoms with Gasteiger partial charge in [-0.15, -0.1) is 0 Å². The Hall–Kier alpha value is -2.24. The lowest BCUT2D eigenvalue weighted by atomic mass is 10.0. The molecule has 0 bridgehead atoms. The second kappa shape index (κ2) is 6.97. The van der Waals surface area contributed by atoms with E-state index in [1.54, 1.807) is 39.2 Å². The van der Waals surface area contributed by atoms with Crippen molar-refractivity contribution in [3.05, 3.63) is 23.8 Å². The SMILES string of the molecule is COC(=O)C(C)(C)NC(=O)Cc1ccc(OC)c(OC)c1. The average molecular weight is 295 g/mol. The summed E-state index contributed by atoms with van der Waals surface area (Å²) in [6.07, 6.45) is 0.126. The molecule has 1 aromatic rings. The van der Waals surface area contributed by atoms with Gasteiger partial charge in [-0.05, 0) is 31.5 Å². The van der Waals surface area contributed by atoms with E-state index in [1.807, 2.05) is 0 Å². The van der Waals surface area contributed by atoms with Crippen molar-refractivity contribution in [1.29, 1.82) is 0 Å². The third-order valence-electron chi connectivity index (χ3n) is 2.96. The number of ether oxygens (including phenoxy) is 3. The Kier molecular flexibility index (Phi) is 5.58. The van der Waals surface area contributed by atoms with E-state index >= 15 is 0 Å². The zero-order valence-electron chi connectivity index (χ0n) is 13.0. The monoisotopic (exact) mass is 295 g/mol. The van der Waals surface area contributed by atoms with E-state index in [2.05, 4.69) is 10.1 Å². The number of carbonyl (C=O) groups is 2. The lowest BCUT2D eigenvalue weighted by Crippen LogP contribution is -2.50. The summed E-state index contributed by atoms with van der Waals surface area (Å²) in [6, 6.07) is 5.22. The summed E-state index contributed by atoms with van der Waals surface area (Å²) in [5, 5.41) is 2.64. The van der Waals surface area contributed by atoms with E-state index < -0.39 is 11.5 Å². The van der Waals surface area contributed by atoms with Gasteiger partial charge in [0.1, 0.15) is 5.54 Å². The quantitative estimate of drug-likeness (QED) is 0.801. The summed E-state index contributed by atoms with van der Waals surface area (Å²) in [5.41, 5.74) is -0.312. The highest BCUT2D eigenvalue weighted by molar-refractivity contribution is 5.88. The minimum Gasteiger partial charge on any atom is -0.493 e. The van der Waals surface area contributed by atoms with Crippen LogP contribution < -0.4 is 14.8 Å². The Balaban J connectivity index is 2.78. The predicted octanol–water partition coefficient (Wildman–Crippen LogP) is 1.31. The van der Waals surface area contributed by atoms with E-state index in [4.69, 9.17) is 9.47 Å². The first-order chi connectivity index (χ1) is 9.83. The Morgan fingerprint density at radius 2 is 1.71 bits per heavy atom. The summed E-state index contributed by atoms with van der Waals surface area (Å²) in [4.78, 5) is 23.5. The van der Waals surface area contributed by atoms with Gasteiger partial charge in [-0.2, -0.15) is 0 Å². The molecular weight excluding hydrogens is 274 g/mol. The Labute approximate surface area is 124 Å². The highest BCUT2D eigenvalue weighted by Crippen LogP contribution is 2.27. The van der Waals surface area contributed by atoms with Crippen LogP contribution in [-0.2, 0) is 20.7 Å². The van der Waals surface area contributed by atoms with Gasteiger partial charge in [0.2, 0.25) is 5.91 Å². The van der Waals surface area contributed by atoms with Crippen LogP contribution in [0.1, 0.15) is 19.4 Å². The van der Waals surface area contributed by atoms with Crippen LogP contribution >= 0.6 is 0 Å². The number of esters is 1. The molecule has 0 fully saturated rings. The highest BCUT2D eigenvalue weighted by atomic mass is 16.5. The number of hydrogen-bond acceptors (Lipinski definition) is 5. The van der Waals surface area contributed by atoms with Crippen molar-refractivity contribution in [3.63, 3.8) is 0 Å². The van der Waals surface area contributed by atoms with Crippen molar-refractivity contribution >= 4 is 11.9 Å². The lowest BCUT2D eigenvalue weighted by Gasteiger charge is -2.23. The number of nitrogens with one attached hydrogen (secondary N) is 1. The lowest BCUT2D eigenvalue weighted by molar-refractivity contribution is -0.149. The van der Waals surface area contributed by atoms with E-state index in [0.29, 0.717) is 11.5 Å². The highest BCUT2D eigenvalue weighted by Gasteiger charge is 2.30. The number of methoxy groups -OCH3 is 3.